The van der Waals surface area contributed by atoms with E-state index in [1.165, 1.54) is 6.42 Å². The van der Waals surface area contributed by atoms with Gasteiger partial charge in [-0.25, -0.2) is 12.1 Å². The molecule has 0 atom stereocenters. The molecule has 1 aromatic carbocycles. The average Bonchev–Trinajstić information content (AvgIpc) is 3.52. The van der Waals surface area contributed by atoms with Crippen molar-refractivity contribution in [3.63, 3.8) is 0 Å². The molecular formula is C21H27N3O4. The summed E-state index contributed by atoms with van der Waals surface area (Å²) in [5.74, 6) is 1.08. The first-order chi connectivity index (χ1) is 13.6. The normalized spacial score (nSPS) is 23.2. The molecule has 2 saturated carbocycles. The molecule has 1 aliphatic heterocycles. The second-order valence-electron chi connectivity index (χ2n) is 8.14. The Labute approximate surface area is 165 Å². The summed E-state index contributed by atoms with van der Waals surface area (Å²) in [5.41, 5.74) is 1.56. The van der Waals surface area contributed by atoms with Crippen LogP contribution in [-0.4, -0.2) is 47.9 Å². The van der Waals surface area contributed by atoms with Crippen molar-refractivity contribution in [3.05, 3.63) is 35.2 Å². The van der Waals surface area contributed by atoms with Crippen LogP contribution in [0.3, 0.4) is 0 Å². The van der Waals surface area contributed by atoms with Crippen molar-refractivity contribution in [3.8, 4) is 11.5 Å². The van der Waals surface area contributed by atoms with Crippen LogP contribution in [0.2, 0.25) is 0 Å². The molecule has 4 rings (SSSR count). The number of nitrogens with one attached hydrogen (secondary N) is 1. The molecule has 28 heavy (non-hydrogen) atoms. The van der Waals surface area contributed by atoms with Gasteiger partial charge in [-0.05, 0) is 50.3 Å². The van der Waals surface area contributed by atoms with Crippen LogP contribution in [0.25, 0.3) is 4.85 Å². The maximum absolute atomic E-state index is 12.1. The minimum Gasteiger partial charge on any atom is -0.493 e. The molecule has 1 saturated heterocycles. The Kier molecular flexibility index (Phi) is 4.94. The molecule has 0 spiro atoms. The molecule has 1 amide bonds. The summed E-state index contributed by atoms with van der Waals surface area (Å²) in [6.07, 6.45) is 6.35. The molecule has 3 aliphatic rings. The highest BCUT2D eigenvalue weighted by Crippen LogP contribution is 2.48. The highest BCUT2D eigenvalue weighted by molar-refractivity contribution is 5.88. The van der Waals surface area contributed by atoms with E-state index in [1.54, 1.807) is 7.11 Å². The summed E-state index contributed by atoms with van der Waals surface area (Å²) >= 11 is 0. The predicted octanol–water partition coefficient (Wildman–Crippen LogP) is 2.87. The van der Waals surface area contributed by atoms with E-state index in [1.807, 2.05) is 23.7 Å². The summed E-state index contributed by atoms with van der Waals surface area (Å²) < 4.78 is 11.6. The zero-order chi connectivity index (χ0) is 19.8. The number of hydrogen-bond acceptors (Lipinski definition) is 5. The third-order valence-corrected chi connectivity index (χ3v) is 6.70. The maximum Gasteiger partial charge on any atom is 0.263 e. The minimum atomic E-state index is -0.619. The number of amides is 1. The number of piperidine rings is 1. The lowest BCUT2D eigenvalue weighted by Gasteiger charge is -2.38. The zero-order valence-electron chi connectivity index (χ0n) is 16.2. The smallest absolute Gasteiger partial charge is 0.263 e. The summed E-state index contributed by atoms with van der Waals surface area (Å²) in [4.78, 5) is 18.2. The quantitative estimate of drug-likeness (QED) is 0.447. The van der Waals surface area contributed by atoms with Gasteiger partial charge in [-0.15, -0.1) is 0 Å². The number of carbonyl (C=O) groups excluding carboxylic acids is 1. The molecule has 1 aromatic rings. The topological polar surface area (TPSA) is 75.4 Å². The molecule has 7 heteroatoms. The molecule has 1 heterocycles. The zero-order valence-corrected chi connectivity index (χ0v) is 16.2. The Morgan fingerprint density at radius 3 is 2.46 bits per heavy atom. The molecule has 0 bridgehead atoms. The number of hydroxylamine groups is 1. The summed E-state index contributed by atoms with van der Waals surface area (Å²) in [7, 11) is 1.63. The predicted molar refractivity (Wildman–Crippen MR) is 102 cm³/mol. The Hall–Kier alpha value is -2.30. The highest BCUT2D eigenvalue weighted by Gasteiger charge is 2.57. The van der Waals surface area contributed by atoms with Crippen LogP contribution in [0.4, 0.5) is 0 Å². The van der Waals surface area contributed by atoms with Crippen LogP contribution in [0, 0.1) is 6.57 Å². The molecule has 7 nitrogen and oxygen atoms in total. The molecule has 2 aliphatic carbocycles. The van der Waals surface area contributed by atoms with Crippen molar-refractivity contribution in [1.29, 1.82) is 0 Å². The lowest BCUT2D eigenvalue weighted by Crippen LogP contribution is -2.53. The van der Waals surface area contributed by atoms with E-state index in [0.29, 0.717) is 37.4 Å². The van der Waals surface area contributed by atoms with Crippen LogP contribution in [-0.2, 0) is 10.3 Å². The number of methoxy groups -OCH3 is 1. The van der Waals surface area contributed by atoms with Crippen molar-refractivity contribution in [2.45, 2.75) is 62.1 Å². The second kappa shape index (κ2) is 7.26. The summed E-state index contributed by atoms with van der Waals surface area (Å²) in [6.45, 7) is 9.22. The van der Waals surface area contributed by atoms with Gasteiger partial charge in [-0.3, -0.25) is 14.9 Å². The van der Waals surface area contributed by atoms with Gasteiger partial charge in [-0.2, -0.15) is 0 Å². The van der Waals surface area contributed by atoms with Crippen molar-refractivity contribution < 1.29 is 19.5 Å². The average molecular weight is 385 g/mol. The molecular weight excluding hydrogens is 358 g/mol. The molecule has 3 fully saturated rings. The maximum atomic E-state index is 12.1. The number of benzene rings is 1. The Balaban J connectivity index is 1.53. The van der Waals surface area contributed by atoms with Gasteiger partial charge in [0.2, 0.25) is 0 Å². The van der Waals surface area contributed by atoms with E-state index < -0.39 is 11.1 Å². The van der Waals surface area contributed by atoms with Crippen molar-refractivity contribution >= 4 is 5.91 Å². The third-order valence-electron chi connectivity index (χ3n) is 6.70. The van der Waals surface area contributed by atoms with Gasteiger partial charge < -0.3 is 14.3 Å². The lowest BCUT2D eigenvalue weighted by molar-refractivity contribution is -0.137. The first-order valence-corrected chi connectivity index (χ1v) is 10.0. The summed E-state index contributed by atoms with van der Waals surface area (Å²) in [6, 6.07) is 5.83. The first-order valence-electron chi connectivity index (χ1n) is 10.0. The lowest BCUT2D eigenvalue weighted by atomic mass is 9.81. The number of nitrogens with zero attached hydrogens (tertiary/aromatic N) is 2. The third kappa shape index (κ3) is 3.11. The van der Waals surface area contributed by atoms with Crippen molar-refractivity contribution in [1.82, 2.24) is 10.4 Å². The van der Waals surface area contributed by atoms with Gasteiger partial charge in [0.05, 0.1) is 13.2 Å². The van der Waals surface area contributed by atoms with Gasteiger partial charge in [0.25, 0.3) is 11.4 Å². The molecule has 0 radical (unpaired) electrons. The van der Waals surface area contributed by atoms with Gasteiger partial charge in [0.1, 0.15) is 5.54 Å². The number of carbonyl (C=O) groups is 1. The Morgan fingerprint density at radius 2 is 1.96 bits per heavy atom. The largest absolute Gasteiger partial charge is 0.493 e. The van der Waals surface area contributed by atoms with Gasteiger partial charge >= 0.3 is 0 Å². The fourth-order valence-corrected chi connectivity index (χ4v) is 4.41. The van der Waals surface area contributed by atoms with Crippen LogP contribution in [0.1, 0.15) is 50.5 Å². The van der Waals surface area contributed by atoms with Gasteiger partial charge in [0, 0.05) is 31.5 Å². The van der Waals surface area contributed by atoms with E-state index in [4.69, 9.17) is 21.3 Å². The van der Waals surface area contributed by atoms with Crippen LogP contribution >= 0.6 is 0 Å². The molecule has 150 valence electrons. The van der Waals surface area contributed by atoms with E-state index in [0.717, 1.165) is 31.2 Å². The van der Waals surface area contributed by atoms with E-state index in [9.17, 15) is 4.79 Å². The molecule has 2 N–H and O–H groups in total. The fourth-order valence-electron chi connectivity index (χ4n) is 4.41. The second-order valence-corrected chi connectivity index (χ2v) is 8.14. The monoisotopic (exact) mass is 385 g/mol. The minimum absolute atomic E-state index is 0.238. The number of ether oxygens (including phenoxy) is 2. The van der Waals surface area contributed by atoms with E-state index >= 15 is 0 Å². The van der Waals surface area contributed by atoms with Crippen LogP contribution < -0.4 is 15.0 Å². The SMILES string of the molecule is [C-]#[N+]C1(c2ccc(OC)c(OC3CCC3)c2)CCN(C2(C(=O)NO)CC2)CC1. The molecule has 0 unspecified atom stereocenters. The fraction of sp³-hybridized carbons (Fsp3) is 0.619. The van der Waals surface area contributed by atoms with E-state index in [-0.39, 0.29) is 12.0 Å². The van der Waals surface area contributed by atoms with Crippen molar-refractivity contribution in [2.75, 3.05) is 20.2 Å². The van der Waals surface area contributed by atoms with Gasteiger partial charge in [0.15, 0.2) is 11.5 Å². The highest BCUT2D eigenvalue weighted by atomic mass is 16.5. The first kappa shape index (κ1) is 19.0. The standard InChI is InChI=1S/C21H27N3O4/c1-22-20(10-12-24(13-11-20)21(8-9-21)19(25)23-26)15-6-7-17(27-2)18(14-15)28-16-4-3-5-16/h6-7,14,16,26H,3-5,8-13H2,2H3,(H,23,25). The molecule has 0 aromatic heterocycles. The Morgan fingerprint density at radius 1 is 1.25 bits per heavy atom. The van der Waals surface area contributed by atoms with Crippen molar-refractivity contribution in [2.24, 2.45) is 0 Å². The van der Waals surface area contributed by atoms with Gasteiger partial charge in [-0.1, -0.05) is 0 Å². The number of rotatable bonds is 6. The Bertz CT molecular complexity index is 787. The number of hydrogen-bond donors (Lipinski definition) is 2. The van der Waals surface area contributed by atoms with Crippen LogP contribution in [0.5, 0.6) is 11.5 Å². The summed E-state index contributed by atoms with van der Waals surface area (Å²) in [5, 5.41) is 9.04. The van der Waals surface area contributed by atoms with Crippen LogP contribution in [0.15, 0.2) is 18.2 Å². The number of likely N-dealkylation sites (tertiary alicyclic amines) is 1. The van der Waals surface area contributed by atoms with E-state index in [2.05, 4.69) is 9.74 Å².